The first-order valence-electron chi connectivity index (χ1n) is 6.56. The van der Waals surface area contributed by atoms with Crippen LogP contribution in [0.25, 0.3) is 0 Å². The summed E-state index contributed by atoms with van der Waals surface area (Å²) in [6.07, 6.45) is 6.24. The number of para-hydroxylation sites is 1. The molecule has 1 aromatic heterocycles. The molecular weight excluding hydrogens is 300 g/mol. The number of nitrogens with zero attached hydrogens (tertiary/aromatic N) is 3. The van der Waals surface area contributed by atoms with Crippen LogP contribution in [0.1, 0.15) is 10.5 Å². The molecule has 0 atom stereocenters. The summed E-state index contributed by atoms with van der Waals surface area (Å²) in [6, 6.07) is 7.51. The van der Waals surface area contributed by atoms with Gasteiger partial charge in [-0.2, -0.15) is 0 Å². The molecule has 0 spiro atoms. The number of carbonyl (C=O) groups excluding carboxylic acids is 2. The third-order valence-corrected chi connectivity index (χ3v) is 3.69. The van der Waals surface area contributed by atoms with Gasteiger partial charge in [-0.15, -0.1) is 11.8 Å². The molecule has 0 unspecified atom stereocenters. The van der Waals surface area contributed by atoms with Crippen molar-refractivity contribution in [1.29, 1.82) is 0 Å². The zero-order chi connectivity index (χ0) is 15.9. The molecular formula is C15H16N4O2S. The van der Waals surface area contributed by atoms with Gasteiger partial charge >= 0.3 is 0 Å². The van der Waals surface area contributed by atoms with Crippen LogP contribution in [-0.2, 0) is 4.79 Å². The Hall–Kier alpha value is -2.41. The van der Waals surface area contributed by atoms with E-state index in [9.17, 15) is 9.59 Å². The fourth-order valence-electron chi connectivity index (χ4n) is 1.83. The van der Waals surface area contributed by atoms with Gasteiger partial charge in [-0.05, 0) is 18.4 Å². The minimum absolute atomic E-state index is 0.0574. The number of benzene rings is 1. The van der Waals surface area contributed by atoms with E-state index in [2.05, 4.69) is 15.3 Å². The Morgan fingerprint density at radius 1 is 1.27 bits per heavy atom. The molecule has 0 aliphatic heterocycles. The normalized spacial score (nSPS) is 10.1. The van der Waals surface area contributed by atoms with Gasteiger partial charge in [0, 0.05) is 24.3 Å². The maximum atomic E-state index is 12.1. The molecule has 22 heavy (non-hydrogen) atoms. The van der Waals surface area contributed by atoms with Crippen LogP contribution in [0.4, 0.5) is 5.69 Å². The van der Waals surface area contributed by atoms with Gasteiger partial charge in [0.2, 0.25) is 5.91 Å². The number of rotatable bonds is 5. The van der Waals surface area contributed by atoms with Crippen molar-refractivity contribution in [2.24, 2.45) is 0 Å². The van der Waals surface area contributed by atoms with Crippen molar-refractivity contribution in [3.63, 3.8) is 0 Å². The molecule has 0 saturated heterocycles. The number of hydrogen-bond donors (Lipinski definition) is 1. The van der Waals surface area contributed by atoms with E-state index in [0.717, 1.165) is 10.6 Å². The summed E-state index contributed by atoms with van der Waals surface area (Å²) >= 11 is 1.55. The zero-order valence-electron chi connectivity index (χ0n) is 12.3. The lowest BCUT2D eigenvalue weighted by atomic mass is 10.3. The van der Waals surface area contributed by atoms with Gasteiger partial charge in [-0.1, -0.05) is 12.1 Å². The number of aromatic nitrogens is 2. The van der Waals surface area contributed by atoms with E-state index in [1.54, 1.807) is 18.8 Å². The fraction of sp³-hybridized carbons (Fsp3) is 0.200. The van der Waals surface area contributed by atoms with Crippen LogP contribution in [-0.4, -0.2) is 46.5 Å². The predicted octanol–water partition coefficient (Wildman–Crippen LogP) is 1.91. The van der Waals surface area contributed by atoms with E-state index in [0.29, 0.717) is 0 Å². The molecule has 1 aromatic carbocycles. The lowest BCUT2D eigenvalue weighted by Crippen LogP contribution is -2.35. The lowest BCUT2D eigenvalue weighted by Gasteiger charge is -2.16. The number of amides is 2. The van der Waals surface area contributed by atoms with Crippen molar-refractivity contribution in [2.45, 2.75) is 4.90 Å². The van der Waals surface area contributed by atoms with E-state index < -0.39 is 0 Å². The molecule has 0 bridgehead atoms. The summed E-state index contributed by atoms with van der Waals surface area (Å²) in [6.45, 7) is -0.0574. The van der Waals surface area contributed by atoms with Gasteiger partial charge in [-0.25, -0.2) is 4.98 Å². The first kappa shape index (κ1) is 16.0. The molecule has 0 aliphatic carbocycles. The maximum Gasteiger partial charge on any atom is 0.274 e. The minimum Gasteiger partial charge on any atom is -0.331 e. The highest BCUT2D eigenvalue weighted by atomic mass is 32.2. The number of nitrogens with one attached hydrogen (secondary N) is 1. The second-order valence-corrected chi connectivity index (χ2v) is 5.35. The smallest absolute Gasteiger partial charge is 0.274 e. The average molecular weight is 316 g/mol. The highest BCUT2D eigenvalue weighted by Crippen LogP contribution is 2.24. The summed E-state index contributed by atoms with van der Waals surface area (Å²) in [5, 5.41) is 2.81. The zero-order valence-corrected chi connectivity index (χ0v) is 13.1. The molecule has 7 heteroatoms. The monoisotopic (exact) mass is 316 g/mol. The van der Waals surface area contributed by atoms with Crippen molar-refractivity contribution < 1.29 is 9.59 Å². The van der Waals surface area contributed by atoms with Gasteiger partial charge in [0.15, 0.2) is 0 Å². The number of hydrogen-bond acceptors (Lipinski definition) is 5. The second-order valence-electron chi connectivity index (χ2n) is 4.50. The van der Waals surface area contributed by atoms with E-state index in [-0.39, 0.29) is 24.1 Å². The summed E-state index contributed by atoms with van der Waals surface area (Å²) in [4.78, 5) is 34.2. The standard InChI is InChI=1S/C15H16N4O2S/c1-19(15(21)12-9-16-7-8-17-12)10-14(20)18-11-5-3-4-6-13(11)22-2/h3-9H,10H2,1-2H3,(H,18,20). The van der Waals surface area contributed by atoms with E-state index in [4.69, 9.17) is 0 Å². The Labute approximate surface area is 133 Å². The molecule has 0 fully saturated rings. The molecule has 2 amide bonds. The summed E-state index contributed by atoms with van der Waals surface area (Å²) < 4.78 is 0. The van der Waals surface area contributed by atoms with E-state index in [1.165, 1.54) is 23.5 Å². The third kappa shape index (κ3) is 4.05. The minimum atomic E-state index is -0.346. The van der Waals surface area contributed by atoms with Crippen molar-refractivity contribution in [1.82, 2.24) is 14.9 Å². The van der Waals surface area contributed by atoms with Crippen molar-refractivity contribution in [3.8, 4) is 0 Å². The Bertz CT molecular complexity index is 664. The van der Waals surface area contributed by atoms with Crippen LogP contribution < -0.4 is 5.32 Å². The first-order chi connectivity index (χ1) is 10.6. The largest absolute Gasteiger partial charge is 0.331 e. The van der Waals surface area contributed by atoms with Gasteiger partial charge in [0.05, 0.1) is 18.4 Å². The quantitative estimate of drug-likeness (QED) is 0.853. The predicted molar refractivity (Wildman–Crippen MR) is 85.8 cm³/mol. The molecule has 0 saturated carbocycles. The lowest BCUT2D eigenvalue weighted by molar-refractivity contribution is -0.116. The fourth-order valence-corrected chi connectivity index (χ4v) is 2.38. The first-order valence-corrected chi connectivity index (χ1v) is 7.78. The molecule has 2 rings (SSSR count). The van der Waals surface area contributed by atoms with Crippen molar-refractivity contribution in [2.75, 3.05) is 25.2 Å². The van der Waals surface area contributed by atoms with Gasteiger partial charge in [0.25, 0.3) is 5.91 Å². The Balaban J connectivity index is 1.98. The number of likely N-dealkylation sites (N-methyl/N-ethyl adjacent to an activating group) is 1. The van der Waals surface area contributed by atoms with Crippen molar-refractivity contribution >= 4 is 29.3 Å². The topological polar surface area (TPSA) is 75.2 Å². The maximum absolute atomic E-state index is 12.1. The highest BCUT2D eigenvalue weighted by Gasteiger charge is 2.16. The molecule has 0 aliphatic rings. The highest BCUT2D eigenvalue weighted by molar-refractivity contribution is 7.98. The molecule has 1 N–H and O–H groups in total. The van der Waals surface area contributed by atoms with E-state index >= 15 is 0 Å². The Morgan fingerprint density at radius 3 is 2.73 bits per heavy atom. The SMILES string of the molecule is CSc1ccccc1NC(=O)CN(C)C(=O)c1cnccn1. The summed E-state index contributed by atoms with van der Waals surface area (Å²) in [5.74, 6) is -0.609. The Kier molecular flexibility index (Phi) is 5.48. The summed E-state index contributed by atoms with van der Waals surface area (Å²) in [5.41, 5.74) is 0.947. The van der Waals surface area contributed by atoms with Crippen molar-refractivity contribution in [3.05, 3.63) is 48.5 Å². The molecule has 2 aromatic rings. The van der Waals surface area contributed by atoms with Crippen LogP contribution in [0.15, 0.2) is 47.8 Å². The van der Waals surface area contributed by atoms with Crippen LogP contribution in [0.5, 0.6) is 0 Å². The molecule has 114 valence electrons. The number of anilines is 1. The van der Waals surface area contributed by atoms with E-state index in [1.807, 2.05) is 30.5 Å². The summed E-state index contributed by atoms with van der Waals surface area (Å²) in [7, 11) is 1.55. The third-order valence-electron chi connectivity index (χ3n) is 2.89. The number of carbonyl (C=O) groups is 2. The second kappa shape index (κ2) is 7.56. The van der Waals surface area contributed by atoms with Gasteiger partial charge in [0.1, 0.15) is 5.69 Å². The van der Waals surface area contributed by atoms with Gasteiger partial charge < -0.3 is 10.2 Å². The van der Waals surface area contributed by atoms with Crippen LogP contribution >= 0.6 is 11.8 Å². The Morgan fingerprint density at radius 2 is 2.05 bits per heavy atom. The van der Waals surface area contributed by atoms with Gasteiger partial charge in [-0.3, -0.25) is 14.6 Å². The number of thioether (sulfide) groups is 1. The average Bonchev–Trinajstić information content (AvgIpc) is 2.55. The van der Waals surface area contributed by atoms with Crippen LogP contribution in [0.3, 0.4) is 0 Å². The molecule has 0 radical (unpaired) electrons. The van der Waals surface area contributed by atoms with Crippen LogP contribution in [0, 0.1) is 0 Å². The molecule has 6 nitrogen and oxygen atoms in total. The van der Waals surface area contributed by atoms with Crippen LogP contribution in [0.2, 0.25) is 0 Å². The molecule has 1 heterocycles.